The van der Waals surface area contributed by atoms with Crippen LogP contribution in [0.15, 0.2) is 46.9 Å². The van der Waals surface area contributed by atoms with Crippen LogP contribution in [0.4, 0.5) is 0 Å². The zero-order valence-electron chi connectivity index (χ0n) is 12.8. The van der Waals surface area contributed by atoms with Crippen molar-refractivity contribution in [1.29, 1.82) is 0 Å². The van der Waals surface area contributed by atoms with Gasteiger partial charge in [0.25, 0.3) is 0 Å². The number of nitrogens with one attached hydrogen (secondary N) is 1. The Hall–Kier alpha value is -1.32. The van der Waals surface area contributed by atoms with E-state index in [1.54, 1.807) is 7.11 Å². The Morgan fingerprint density at radius 1 is 1.19 bits per heavy atom. The molecule has 0 heterocycles. The van der Waals surface area contributed by atoms with E-state index in [0.717, 1.165) is 23.2 Å². The van der Waals surface area contributed by atoms with Crippen molar-refractivity contribution < 1.29 is 4.74 Å². The summed E-state index contributed by atoms with van der Waals surface area (Å²) in [5, 5.41) is 3.63. The third kappa shape index (κ3) is 4.08. The van der Waals surface area contributed by atoms with Gasteiger partial charge in [0.2, 0.25) is 0 Å². The minimum atomic E-state index is 0.296. The van der Waals surface area contributed by atoms with Crippen LogP contribution in [0, 0.1) is 6.92 Å². The summed E-state index contributed by atoms with van der Waals surface area (Å²) in [6, 6.07) is 15.0. The van der Waals surface area contributed by atoms with Gasteiger partial charge in [-0.1, -0.05) is 53.2 Å². The molecule has 0 spiro atoms. The van der Waals surface area contributed by atoms with E-state index in [-0.39, 0.29) is 0 Å². The molecule has 0 fully saturated rings. The molecule has 1 N–H and O–H groups in total. The Kier molecular flexibility index (Phi) is 5.83. The predicted molar refractivity (Wildman–Crippen MR) is 91.7 cm³/mol. The molecule has 2 aromatic rings. The second-order valence-corrected chi connectivity index (χ2v) is 6.02. The second kappa shape index (κ2) is 7.62. The van der Waals surface area contributed by atoms with E-state index in [4.69, 9.17) is 4.74 Å². The topological polar surface area (TPSA) is 21.3 Å². The van der Waals surface area contributed by atoms with Crippen LogP contribution in [0.3, 0.4) is 0 Å². The number of aryl methyl sites for hydroxylation is 1. The summed E-state index contributed by atoms with van der Waals surface area (Å²) in [7, 11) is 1.73. The van der Waals surface area contributed by atoms with Crippen molar-refractivity contribution in [2.45, 2.75) is 32.9 Å². The van der Waals surface area contributed by atoms with Crippen molar-refractivity contribution in [3.05, 3.63) is 63.6 Å². The summed E-state index contributed by atoms with van der Waals surface area (Å²) < 4.78 is 6.62. The Morgan fingerprint density at radius 2 is 1.95 bits per heavy atom. The van der Waals surface area contributed by atoms with Gasteiger partial charge in [0.15, 0.2) is 0 Å². The number of methoxy groups -OCH3 is 1. The lowest BCUT2D eigenvalue weighted by Crippen LogP contribution is -2.20. The highest BCUT2D eigenvalue weighted by atomic mass is 79.9. The average molecular weight is 348 g/mol. The summed E-state index contributed by atoms with van der Waals surface area (Å²) in [5.74, 6) is 0.948. The highest BCUT2D eigenvalue weighted by Gasteiger charge is 2.13. The number of benzene rings is 2. The highest BCUT2D eigenvalue weighted by molar-refractivity contribution is 9.10. The van der Waals surface area contributed by atoms with Crippen molar-refractivity contribution in [1.82, 2.24) is 5.32 Å². The number of para-hydroxylation sites is 1. The van der Waals surface area contributed by atoms with E-state index >= 15 is 0 Å². The van der Waals surface area contributed by atoms with Gasteiger partial charge in [0, 0.05) is 22.6 Å². The molecule has 2 nitrogen and oxygen atoms in total. The molecular formula is C18H22BrNO. The van der Waals surface area contributed by atoms with Crippen molar-refractivity contribution in [3.63, 3.8) is 0 Å². The molecule has 1 unspecified atom stereocenters. The molecule has 112 valence electrons. The minimum absolute atomic E-state index is 0.296. The first-order chi connectivity index (χ1) is 10.2. The first-order valence-electron chi connectivity index (χ1n) is 7.27. The quantitative estimate of drug-likeness (QED) is 0.793. The first kappa shape index (κ1) is 16.1. The third-order valence-electron chi connectivity index (χ3n) is 3.70. The molecule has 0 bridgehead atoms. The molecule has 0 radical (unpaired) electrons. The molecule has 0 aromatic heterocycles. The lowest BCUT2D eigenvalue weighted by Gasteiger charge is -2.20. The lowest BCUT2D eigenvalue weighted by atomic mass is 10.0. The molecule has 2 rings (SSSR count). The zero-order valence-corrected chi connectivity index (χ0v) is 14.4. The van der Waals surface area contributed by atoms with Crippen LogP contribution in [-0.4, -0.2) is 7.11 Å². The fourth-order valence-corrected chi connectivity index (χ4v) is 2.73. The van der Waals surface area contributed by atoms with E-state index in [1.165, 1.54) is 16.7 Å². The number of rotatable bonds is 6. The third-order valence-corrected chi connectivity index (χ3v) is 4.59. The smallest absolute Gasteiger partial charge is 0.123 e. The molecule has 0 saturated carbocycles. The monoisotopic (exact) mass is 347 g/mol. The predicted octanol–water partition coefficient (Wildman–Crippen LogP) is 5.01. The normalized spacial score (nSPS) is 12.2. The number of hydrogen-bond donors (Lipinski definition) is 1. The van der Waals surface area contributed by atoms with Gasteiger partial charge in [0.05, 0.1) is 7.11 Å². The first-order valence-corrected chi connectivity index (χ1v) is 8.06. The van der Waals surface area contributed by atoms with Crippen LogP contribution < -0.4 is 10.1 Å². The standard InChI is InChI=1S/C18H22BrNO/c1-4-17(15-7-5-6-8-18(15)21-3)20-12-14-9-10-16(19)13(2)11-14/h5-11,17,20H,4,12H2,1-3H3. The van der Waals surface area contributed by atoms with Crippen LogP contribution in [0.2, 0.25) is 0 Å². The van der Waals surface area contributed by atoms with E-state index in [1.807, 2.05) is 12.1 Å². The summed E-state index contributed by atoms with van der Waals surface area (Å²) in [6.07, 6.45) is 1.02. The van der Waals surface area contributed by atoms with E-state index in [2.05, 4.69) is 65.4 Å². The maximum atomic E-state index is 5.47. The maximum Gasteiger partial charge on any atom is 0.123 e. The highest BCUT2D eigenvalue weighted by Crippen LogP contribution is 2.27. The van der Waals surface area contributed by atoms with Crippen molar-refractivity contribution in [2.75, 3.05) is 7.11 Å². The van der Waals surface area contributed by atoms with Crippen LogP contribution in [0.5, 0.6) is 5.75 Å². The summed E-state index contributed by atoms with van der Waals surface area (Å²) >= 11 is 3.54. The Labute approximate surface area is 135 Å². The molecule has 3 heteroatoms. The van der Waals surface area contributed by atoms with Gasteiger partial charge >= 0.3 is 0 Å². The Morgan fingerprint density at radius 3 is 2.62 bits per heavy atom. The molecule has 0 aliphatic rings. The SMILES string of the molecule is CCC(NCc1ccc(Br)c(C)c1)c1ccccc1OC. The van der Waals surface area contributed by atoms with E-state index in [9.17, 15) is 0 Å². The Bertz CT molecular complexity index is 598. The van der Waals surface area contributed by atoms with Gasteiger partial charge in [-0.15, -0.1) is 0 Å². The van der Waals surface area contributed by atoms with E-state index < -0.39 is 0 Å². The van der Waals surface area contributed by atoms with Gasteiger partial charge in [-0.25, -0.2) is 0 Å². The average Bonchev–Trinajstić information content (AvgIpc) is 2.51. The molecule has 0 aliphatic heterocycles. The van der Waals surface area contributed by atoms with Crippen LogP contribution >= 0.6 is 15.9 Å². The molecule has 0 amide bonds. The zero-order chi connectivity index (χ0) is 15.2. The van der Waals surface area contributed by atoms with Gasteiger partial charge in [-0.3, -0.25) is 0 Å². The number of halogens is 1. The van der Waals surface area contributed by atoms with Crippen LogP contribution in [0.1, 0.15) is 36.1 Å². The van der Waals surface area contributed by atoms with Gasteiger partial charge < -0.3 is 10.1 Å². The van der Waals surface area contributed by atoms with Gasteiger partial charge in [0.1, 0.15) is 5.75 Å². The largest absolute Gasteiger partial charge is 0.496 e. The van der Waals surface area contributed by atoms with Crippen molar-refractivity contribution in [3.8, 4) is 5.75 Å². The maximum absolute atomic E-state index is 5.47. The van der Waals surface area contributed by atoms with Crippen molar-refractivity contribution in [2.24, 2.45) is 0 Å². The molecule has 0 aliphatic carbocycles. The van der Waals surface area contributed by atoms with Gasteiger partial charge in [-0.2, -0.15) is 0 Å². The van der Waals surface area contributed by atoms with Gasteiger partial charge in [-0.05, 0) is 36.6 Å². The molecular weight excluding hydrogens is 326 g/mol. The van der Waals surface area contributed by atoms with Crippen molar-refractivity contribution >= 4 is 15.9 Å². The summed E-state index contributed by atoms with van der Waals surface area (Å²) in [6.45, 7) is 5.16. The fraction of sp³-hybridized carbons (Fsp3) is 0.333. The molecule has 2 aromatic carbocycles. The molecule has 21 heavy (non-hydrogen) atoms. The second-order valence-electron chi connectivity index (χ2n) is 5.17. The molecule has 1 atom stereocenters. The fourth-order valence-electron chi connectivity index (χ4n) is 2.49. The number of ether oxygens (including phenoxy) is 1. The van der Waals surface area contributed by atoms with Crippen LogP contribution in [0.25, 0.3) is 0 Å². The summed E-state index contributed by atoms with van der Waals surface area (Å²) in [4.78, 5) is 0. The molecule has 0 saturated heterocycles. The van der Waals surface area contributed by atoms with E-state index in [0.29, 0.717) is 6.04 Å². The summed E-state index contributed by atoms with van der Waals surface area (Å²) in [5.41, 5.74) is 3.78. The Balaban J connectivity index is 2.10. The minimum Gasteiger partial charge on any atom is -0.496 e. The van der Waals surface area contributed by atoms with Crippen LogP contribution in [-0.2, 0) is 6.54 Å². The lowest BCUT2D eigenvalue weighted by molar-refractivity contribution is 0.396. The number of hydrogen-bond acceptors (Lipinski definition) is 2.